The van der Waals surface area contributed by atoms with Gasteiger partial charge >= 0.3 is 6.03 Å². The molecule has 0 aromatic rings. The normalized spacial score (nSPS) is 20.4. The van der Waals surface area contributed by atoms with Gasteiger partial charge in [-0.15, -0.1) is 0 Å². The molecule has 114 valence electrons. The Labute approximate surface area is 121 Å². The van der Waals surface area contributed by atoms with E-state index >= 15 is 0 Å². The van der Waals surface area contributed by atoms with Crippen LogP contribution in [-0.2, 0) is 4.79 Å². The van der Waals surface area contributed by atoms with Gasteiger partial charge in [0.2, 0.25) is 5.91 Å². The SMILES string of the molecule is CN(C)C(=O)N1CCC(C(=O)N(C)CC2CCC2)CC1. The summed E-state index contributed by atoms with van der Waals surface area (Å²) in [6, 6.07) is 0.0544. The molecule has 0 aromatic carbocycles. The van der Waals surface area contributed by atoms with Gasteiger partial charge in [0.25, 0.3) is 0 Å². The van der Waals surface area contributed by atoms with Crippen LogP contribution in [0.15, 0.2) is 0 Å². The van der Waals surface area contributed by atoms with Crippen LogP contribution in [0.25, 0.3) is 0 Å². The molecule has 1 saturated carbocycles. The molecule has 0 bridgehead atoms. The van der Waals surface area contributed by atoms with Crippen molar-refractivity contribution in [2.24, 2.45) is 11.8 Å². The summed E-state index contributed by atoms with van der Waals surface area (Å²) in [7, 11) is 5.47. The van der Waals surface area contributed by atoms with Crippen molar-refractivity contribution >= 4 is 11.9 Å². The van der Waals surface area contributed by atoms with Crippen molar-refractivity contribution in [2.75, 3.05) is 40.8 Å². The van der Waals surface area contributed by atoms with Gasteiger partial charge in [0.1, 0.15) is 0 Å². The summed E-state index contributed by atoms with van der Waals surface area (Å²) in [5, 5.41) is 0. The average Bonchev–Trinajstić information content (AvgIpc) is 2.41. The molecule has 5 heteroatoms. The first-order chi connectivity index (χ1) is 9.49. The van der Waals surface area contributed by atoms with E-state index < -0.39 is 0 Å². The van der Waals surface area contributed by atoms with Crippen molar-refractivity contribution in [2.45, 2.75) is 32.1 Å². The highest BCUT2D eigenvalue weighted by Gasteiger charge is 2.30. The second-order valence-electron chi connectivity index (χ2n) is 6.45. The molecule has 1 saturated heterocycles. The number of amides is 3. The molecule has 2 aliphatic rings. The van der Waals surface area contributed by atoms with Crippen molar-refractivity contribution in [3.05, 3.63) is 0 Å². The lowest BCUT2D eigenvalue weighted by Gasteiger charge is -2.36. The molecule has 0 spiro atoms. The van der Waals surface area contributed by atoms with Gasteiger partial charge in [0.05, 0.1) is 0 Å². The average molecular weight is 281 g/mol. The number of rotatable bonds is 3. The van der Waals surface area contributed by atoms with E-state index in [2.05, 4.69) is 0 Å². The van der Waals surface area contributed by atoms with E-state index in [1.807, 2.05) is 16.8 Å². The zero-order valence-corrected chi connectivity index (χ0v) is 13.0. The predicted octanol–water partition coefficient (Wildman–Crippen LogP) is 1.64. The fraction of sp³-hybridized carbons (Fsp3) is 0.867. The molecular weight excluding hydrogens is 254 g/mol. The third kappa shape index (κ3) is 3.44. The van der Waals surface area contributed by atoms with Gasteiger partial charge in [-0.3, -0.25) is 4.79 Å². The van der Waals surface area contributed by atoms with E-state index in [0.29, 0.717) is 13.1 Å². The third-order valence-electron chi connectivity index (χ3n) is 4.63. The Kier molecular flexibility index (Phi) is 4.89. The topological polar surface area (TPSA) is 43.9 Å². The molecule has 0 unspecified atom stereocenters. The number of likely N-dealkylation sites (tertiary alicyclic amines) is 1. The summed E-state index contributed by atoms with van der Waals surface area (Å²) in [5.74, 6) is 1.10. The Balaban J connectivity index is 1.77. The molecule has 0 aromatic heterocycles. The molecule has 5 nitrogen and oxygen atoms in total. The molecular formula is C15H27N3O2. The second-order valence-corrected chi connectivity index (χ2v) is 6.45. The minimum Gasteiger partial charge on any atom is -0.345 e. The van der Waals surface area contributed by atoms with E-state index in [1.54, 1.807) is 19.0 Å². The quantitative estimate of drug-likeness (QED) is 0.789. The summed E-state index contributed by atoms with van der Waals surface area (Å²) in [5.41, 5.74) is 0. The van der Waals surface area contributed by atoms with Gasteiger partial charge < -0.3 is 14.7 Å². The maximum Gasteiger partial charge on any atom is 0.319 e. The van der Waals surface area contributed by atoms with Crippen molar-refractivity contribution in [1.82, 2.24) is 14.7 Å². The predicted molar refractivity (Wildman–Crippen MR) is 78.4 cm³/mol. The zero-order chi connectivity index (χ0) is 14.7. The van der Waals surface area contributed by atoms with Gasteiger partial charge in [0, 0.05) is 46.7 Å². The molecule has 1 aliphatic heterocycles. The van der Waals surface area contributed by atoms with E-state index in [-0.39, 0.29) is 17.9 Å². The largest absolute Gasteiger partial charge is 0.345 e. The number of urea groups is 1. The second kappa shape index (κ2) is 6.46. The molecule has 3 amide bonds. The molecule has 0 radical (unpaired) electrons. The van der Waals surface area contributed by atoms with Crippen LogP contribution in [-0.4, -0.2) is 67.4 Å². The fourth-order valence-electron chi connectivity index (χ4n) is 3.06. The molecule has 0 atom stereocenters. The highest BCUT2D eigenvalue weighted by atomic mass is 16.2. The Bertz CT molecular complexity index is 358. The highest BCUT2D eigenvalue weighted by Crippen LogP contribution is 2.28. The maximum absolute atomic E-state index is 12.4. The first kappa shape index (κ1) is 15.1. The van der Waals surface area contributed by atoms with E-state index in [9.17, 15) is 9.59 Å². The fourth-order valence-corrected chi connectivity index (χ4v) is 3.06. The lowest BCUT2D eigenvalue weighted by molar-refractivity contribution is -0.136. The highest BCUT2D eigenvalue weighted by molar-refractivity contribution is 5.79. The summed E-state index contributed by atoms with van der Waals surface area (Å²) in [4.78, 5) is 29.6. The number of hydrogen-bond acceptors (Lipinski definition) is 2. The summed E-state index contributed by atoms with van der Waals surface area (Å²) < 4.78 is 0. The molecule has 0 N–H and O–H groups in total. The van der Waals surface area contributed by atoms with Crippen LogP contribution in [0.1, 0.15) is 32.1 Å². The van der Waals surface area contributed by atoms with Crippen LogP contribution >= 0.6 is 0 Å². The first-order valence-corrected chi connectivity index (χ1v) is 7.70. The Hall–Kier alpha value is -1.26. The Morgan fingerprint density at radius 2 is 1.65 bits per heavy atom. The van der Waals surface area contributed by atoms with E-state index in [0.717, 1.165) is 25.3 Å². The minimum absolute atomic E-state index is 0.0544. The van der Waals surface area contributed by atoms with Gasteiger partial charge in [-0.2, -0.15) is 0 Å². The number of piperidine rings is 1. The van der Waals surface area contributed by atoms with Crippen LogP contribution in [0.2, 0.25) is 0 Å². The van der Waals surface area contributed by atoms with Crippen molar-refractivity contribution < 1.29 is 9.59 Å². The van der Waals surface area contributed by atoms with E-state index in [4.69, 9.17) is 0 Å². The third-order valence-corrected chi connectivity index (χ3v) is 4.63. The van der Waals surface area contributed by atoms with Gasteiger partial charge in [-0.1, -0.05) is 6.42 Å². The van der Waals surface area contributed by atoms with Gasteiger partial charge in [0.15, 0.2) is 0 Å². The van der Waals surface area contributed by atoms with Crippen LogP contribution < -0.4 is 0 Å². The molecule has 1 aliphatic carbocycles. The smallest absolute Gasteiger partial charge is 0.319 e. The van der Waals surface area contributed by atoms with Crippen LogP contribution in [0, 0.1) is 11.8 Å². The van der Waals surface area contributed by atoms with Crippen LogP contribution in [0.4, 0.5) is 4.79 Å². The maximum atomic E-state index is 12.4. The van der Waals surface area contributed by atoms with Gasteiger partial charge in [-0.25, -0.2) is 4.79 Å². The zero-order valence-electron chi connectivity index (χ0n) is 13.0. The Morgan fingerprint density at radius 1 is 1.05 bits per heavy atom. The summed E-state index contributed by atoms with van der Waals surface area (Å²) >= 11 is 0. The lowest BCUT2D eigenvalue weighted by atomic mass is 9.85. The number of hydrogen-bond donors (Lipinski definition) is 0. The van der Waals surface area contributed by atoms with Crippen molar-refractivity contribution in [3.8, 4) is 0 Å². The van der Waals surface area contributed by atoms with Crippen molar-refractivity contribution in [3.63, 3.8) is 0 Å². The summed E-state index contributed by atoms with van der Waals surface area (Å²) in [6.45, 7) is 2.31. The monoisotopic (exact) mass is 281 g/mol. The lowest BCUT2D eigenvalue weighted by Crippen LogP contribution is -2.47. The summed E-state index contributed by atoms with van der Waals surface area (Å²) in [6.07, 6.45) is 5.46. The number of carbonyl (C=O) groups excluding carboxylic acids is 2. The first-order valence-electron chi connectivity index (χ1n) is 7.70. The van der Waals surface area contributed by atoms with Crippen molar-refractivity contribution in [1.29, 1.82) is 0 Å². The van der Waals surface area contributed by atoms with Crippen LogP contribution in [0.3, 0.4) is 0 Å². The number of carbonyl (C=O) groups is 2. The van der Waals surface area contributed by atoms with E-state index in [1.165, 1.54) is 19.3 Å². The molecule has 20 heavy (non-hydrogen) atoms. The number of nitrogens with zero attached hydrogens (tertiary/aromatic N) is 3. The molecule has 2 fully saturated rings. The standard InChI is InChI=1S/C15H27N3O2/c1-16(2)15(20)18-9-7-13(8-10-18)14(19)17(3)11-12-5-4-6-12/h12-13H,4-11H2,1-3H3. The molecule has 1 heterocycles. The minimum atomic E-state index is 0.0544. The molecule has 2 rings (SSSR count). The van der Waals surface area contributed by atoms with Crippen LogP contribution in [0.5, 0.6) is 0 Å². The van der Waals surface area contributed by atoms with Gasteiger partial charge in [-0.05, 0) is 31.6 Å². The Morgan fingerprint density at radius 3 is 2.10 bits per heavy atom.